The molecule has 105 heavy (non-hydrogen) atoms. The topological polar surface area (TPSA) is 97.0 Å². The average Bonchev–Trinajstić information content (AvgIpc) is 0.747. The molecule has 0 bridgehead atoms. The number of unbranched alkanes of at least 4 members (excludes halogenated alkanes) is 42. The molecule has 0 atom stereocenters. The maximum absolute atomic E-state index is 13.6. The van der Waals surface area contributed by atoms with Gasteiger partial charge in [0.25, 0.3) is 0 Å². The largest absolute Gasteiger partial charge is 0.326 e. The minimum Gasteiger partial charge on any atom is -0.326 e. The summed E-state index contributed by atoms with van der Waals surface area (Å²) in [6.07, 6.45) is 59.6. The normalized spacial score (nSPS) is 11.2. The number of nitrogens with one attached hydrogen (secondary N) is 3. The van der Waals surface area contributed by atoms with Crippen LogP contribution in [0.3, 0.4) is 0 Å². The molecule has 0 radical (unpaired) electrons. The molecule has 0 heterocycles. The number of nitrogens with zero attached hydrogens (tertiary/aromatic N) is 3. The third-order valence-electron chi connectivity index (χ3n) is 21.0. The Morgan fingerprint density at radius 2 is 0.400 bits per heavy atom. The molecule has 0 saturated carbocycles. The average molecular weight is 1420 g/mol. The van der Waals surface area contributed by atoms with Crippen molar-refractivity contribution in [2.75, 3.05) is 30.7 Å². The lowest BCUT2D eigenvalue weighted by Gasteiger charge is -2.37. The monoisotopic (exact) mass is 1420 g/mol. The smallest absolute Gasteiger partial charge is 0.224 e. The highest BCUT2D eigenvalue weighted by Crippen LogP contribution is 2.53. The van der Waals surface area contributed by atoms with E-state index < -0.39 is 0 Å². The van der Waals surface area contributed by atoms with E-state index in [1.54, 1.807) is 0 Å². The Hall–Kier alpha value is -7.65. The van der Waals surface area contributed by atoms with Gasteiger partial charge in [0.05, 0.1) is 17.1 Å². The van der Waals surface area contributed by atoms with Gasteiger partial charge in [-0.2, -0.15) is 0 Å². The first-order chi connectivity index (χ1) is 51.9. The standard InChI is InChI=1S/C96H138N6O3/c1-4-7-10-13-16-19-22-25-28-31-34-37-40-43-55-67-93(103)97-82-70-76-88(77-71-82)100(85-59-49-46-50-60-85)91-65-58-66-92(101(86-61-51-47-52-62-86)89-78-72-83(73-79-89)98-94(104)68-56-44-41-38-35-32-29-26-23-20-17-14-11-8-5-2)96(91)102(87-63-53-48-54-64-87)90-80-74-84(75-81-90)99-95(105)69-57-45-42-39-36-33-30-27-24-21-18-15-12-9-6-3/h46-54,58-66,70-81H,4-45,55-57,67-69H2,1-3H3,(H,97,103)(H,98,104)(H,99,105). The predicted octanol–water partition coefficient (Wildman–Crippen LogP) is 30.7. The first-order valence-corrected chi connectivity index (χ1v) is 42.7. The second-order valence-electron chi connectivity index (χ2n) is 30.0. The first-order valence-electron chi connectivity index (χ1n) is 42.7. The molecule has 7 rings (SSSR count). The summed E-state index contributed by atoms with van der Waals surface area (Å²) in [5, 5.41) is 9.73. The SMILES string of the molecule is CCCCCCCCCCCCCCCCCC(=O)Nc1ccc(N(c2ccccc2)c2cccc(N(c3ccccc3)c3ccc(NC(=O)CCCCCCCCCCCCCCCCC)cc3)c2N(c2ccccc2)c2ccc(NC(=O)CCCCCCCCCCCCCCCCC)cc2)cc1. The number of benzene rings is 7. The van der Waals surface area contributed by atoms with Crippen LogP contribution in [0, 0.1) is 0 Å². The van der Waals surface area contributed by atoms with E-state index in [4.69, 9.17) is 0 Å². The third kappa shape index (κ3) is 33.8. The Morgan fingerprint density at radius 1 is 0.210 bits per heavy atom. The summed E-state index contributed by atoms with van der Waals surface area (Å²) < 4.78 is 0. The van der Waals surface area contributed by atoms with Gasteiger partial charge in [-0.05, 0) is 141 Å². The molecule has 0 aliphatic rings. The Morgan fingerprint density at radius 3 is 0.629 bits per heavy atom. The van der Waals surface area contributed by atoms with Gasteiger partial charge >= 0.3 is 0 Å². The summed E-state index contributed by atoms with van der Waals surface area (Å²) in [5.74, 6) is 0.130. The van der Waals surface area contributed by atoms with Gasteiger partial charge < -0.3 is 30.7 Å². The zero-order valence-electron chi connectivity index (χ0n) is 65.8. The fourth-order valence-electron chi connectivity index (χ4n) is 14.8. The van der Waals surface area contributed by atoms with Gasteiger partial charge in [0, 0.05) is 70.4 Å². The minimum atomic E-state index is 0.0404. The van der Waals surface area contributed by atoms with Crippen molar-refractivity contribution in [3.8, 4) is 0 Å². The molecule has 0 aliphatic heterocycles. The lowest BCUT2D eigenvalue weighted by Crippen LogP contribution is -2.21. The Balaban J connectivity index is 1.08. The van der Waals surface area contributed by atoms with Crippen molar-refractivity contribution >= 4 is 86.0 Å². The molecule has 0 saturated heterocycles. The van der Waals surface area contributed by atoms with Crippen LogP contribution in [0.4, 0.5) is 68.2 Å². The minimum absolute atomic E-state index is 0.0404. The molecule has 0 aliphatic carbocycles. The van der Waals surface area contributed by atoms with Gasteiger partial charge in [-0.25, -0.2) is 0 Å². The molecule has 0 fully saturated rings. The molecule has 3 N–H and O–H groups in total. The molecule has 0 unspecified atom stereocenters. The van der Waals surface area contributed by atoms with Crippen LogP contribution < -0.4 is 30.7 Å². The summed E-state index contributed by atoms with van der Waals surface area (Å²) >= 11 is 0. The van der Waals surface area contributed by atoms with Crippen molar-refractivity contribution < 1.29 is 14.4 Å². The van der Waals surface area contributed by atoms with Gasteiger partial charge in [0.2, 0.25) is 17.7 Å². The van der Waals surface area contributed by atoms with Gasteiger partial charge in [-0.3, -0.25) is 14.4 Å². The molecule has 7 aromatic rings. The lowest BCUT2D eigenvalue weighted by atomic mass is 10.0. The van der Waals surface area contributed by atoms with E-state index in [9.17, 15) is 14.4 Å². The third-order valence-corrected chi connectivity index (χ3v) is 21.0. The maximum Gasteiger partial charge on any atom is 0.224 e. The van der Waals surface area contributed by atoms with Crippen LogP contribution in [-0.2, 0) is 14.4 Å². The van der Waals surface area contributed by atoms with Crippen LogP contribution in [0.5, 0.6) is 0 Å². The summed E-state index contributed by atoms with van der Waals surface area (Å²) in [4.78, 5) is 47.7. The maximum atomic E-state index is 13.6. The van der Waals surface area contributed by atoms with Crippen molar-refractivity contribution in [3.63, 3.8) is 0 Å². The van der Waals surface area contributed by atoms with Crippen molar-refractivity contribution in [2.45, 2.75) is 329 Å². The number of carbonyl (C=O) groups is 3. The van der Waals surface area contributed by atoms with Gasteiger partial charge in [-0.15, -0.1) is 0 Å². The zero-order chi connectivity index (χ0) is 73.7. The highest BCUT2D eigenvalue weighted by atomic mass is 16.2. The number of amides is 3. The molecule has 3 amide bonds. The second kappa shape index (κ2) is 54.0. The fraction of sp³-hybridized carbons (Fsp3) is 0.531. The molecule has 9 nitrogen and oxygen atoms in total. The van der Waals surface area contributed by atoms with E-state index in [2.05, 4.69) is 197 Å². The highest BCUT2D eigenvalue weighted by molar-refractivity contribution is 6.02. The number of anilines is 12. The summed E-state index contributed by atoms with van der Waals surface area (Å²) in [6, 6.07) is 62.9. The molecule has 0 aromatic heterocycles. The number of hydrogen-bond acceptors (Lipinski definition) is 6. The van der Waals surface area contributed by atoms with Gasteiger partial charge in [-0.1, -0.05) is 351 Å². The Kier molecular flexibility index (Phi) is 43.5. The highest BCUT2D eigenvalue weighted by Gasteiger charge is 2.29. The van der Waals surface area contributed by atoms with Gasteiger partial charge in [0.1, 0.15) is 0 Å². The summed E-state index contributed by atoms with van der Waals surface area (Å²) in [6.45, 7) is 6.86. The van der Waals surface area contributed by atoms with E-state index in [0.29, 0.717) is 19.3 Å². The lowest BCUT2D eigenvalue weighted by molar-refractivity contribution is -0.117. The van der Waals surface area contributed by atoms with Crippen LogP contribution in [0.1, 0.15) is 329 Å². The van der Waals surface area contributed by atoms with E-state index in [1.165, 1.54) is 250 Å². The van der Waals surface area contributed by atoms with Crippen LogP contribution in [-0.4, -0.2) is 17.7 Å². The van der Waals surface area contributed by atoms with Crippen molar-refractivity contribution in [3.05, 3.63) is 182 Å². The van der Waals surface area contributed by atoms with E-state index in [-0.39, 0.29) is 17.7 Å². The van der Waals surface area contributed by atoms with Crippen LogP contribution in [0.15, 0.2) is 182 Å². The van der Waals surface area contributed by atoms with Crippen molar-refractivity contribution in [1.29, 1.82) is 0 Å². The van der Waals surface area contributed by atoms with E-state index >= 15 is 0 Å². The number of hydrogen-bond donors (Lipinski definition) is 3. The molecule has 570 valence electrons. The zero-order valence-corrected chi connectivity index (χ0v) is 65.8. The summed E-state index contributed by atoms with van der Waals surface area (Å²) in [5.41, 5.74) is 10.6. The first kappa shape index (κ1) is 84.6. The number of para-hydroxylation sites is 4. The number of carbonyl (C=O) groups excluding carboxylic acids is 3. The summed E-state index contributed by atoms with van der Waals surface area (Å²) in [7, 11) is 0. The fourth-order valence-corrected chi connectivity index (χ4v) is 14.8. The van der Waals surface area contributed by atoms with Crippen LogP contribution >= 0.6 is 0 Å². The van der Waals surface area contributed by atoms with Crippen molar-refractivity contribution in [1.82, 2.24) is 0 Å². The molecule has 0 spiro atoms. The second-order valence-corrected chi connectivity index (χ2v) is 30.0. The predicted molar refractivity (Wildman–Crippen MR) is 455 cm³/mol. The Labute approximate surface area is 638 Å². The van der Waals surface area contributed by atoms with E-state index in [1.807, 2.05) is 36.4 Å². The Bertz CT molecular complexity index is 3190. The van der Waals surface area contributed by atoms with Gasteiger partial charge in [0.15, 0.2) is 0 Å². The van der Waals surface area contributed by atoms with E-state index in [0.717, 1.165) is 107 Å². The molecular weight excluding hydrogens is 1290 g/mol. The molecule has 9 heteroatoms. The quantitative estimate of drug-likeness (QED) is 0.0329. The molecular formula is C96H138N6O3. The van der Waals surface area contributed by atoms with Crippen LogP contribution in [0.2, 0.25) is 0 Å². The van der Waals surface area contributed by atoms with Crippen molar-refractivity contribution in [2.24, 2.45) is 0 Å². The van der Waals surface area contributed by atoms with Crippen LogP contribution in [0.25, 0.3) is 0 Å². The number of rotatable bonds is 60. The molecule has 7 aromatic carbocycles.